The van der Waals surface area contributed by atoms with Crippen LogP contribution in [0.1, 0.15) is 6.92 Å². The van der Waals surface area contributed by atoms with E-state index in [0.29, 0.717) is 6.61 Å². The highest BCUT2D eigenvalue weighted by atomic mass is 32.3. The van der Waals surface area contributed by atoms with Gasteiger partial charge in [-0.1, -0.05) is 0 Å². The first kappa shape index (κ1) is 13.7. The molecule has 15 heavy (non-hydrogen) atoms. The summed E-state index contributed by atoms with van der Waals surface area (Å²) in [6.45, 7) is 2.65. The number of benzene rings is 1. The molecule has 0 heterocycles. The molecule has 0 amide bonds. The fourth-order valence-corrected chi connectivity index (χ4v) is 0.731. The van der Waals surface area contributed by atoms with Crippen LogP contribution in [0.5, 0.6) is 5.75 Å². The first-order chi connectivity index (χ1) is 6.83. The van der Waals surface area contributed by atoms with Gasteiger partial charge in [0, 0.05) is 5.69 Å². The molecule has 1 aromatic carbocycles. The Labute approximate surface area is 88.3 Å². The predicted molar refractivity (Wildman–Crippen MR) is 56.2 cm³/mol. The Balaban J connectivity index is 0.000000336. The Morgan fingerprint density at radius 2 is 1.67 bits per heavy atom. The molecule has 0 aromatic heterocycles. The maximum atomic E-state index is 8.74. The van der Waals surface area contributed by atoms with Crippen molar-refractivity contribution in [3.63, 3.8) is 0 Å². The van der Waals surface area contributed by atoms with Gasteiger partial charge in [-0.3, -0.25) is 9.11 Å². The van der Waals surface area contributed by atoms with E-state index in [-0.39, 0.29) is 0 Å². The van der Waals surface area contributed by atoms with E-state index in [2.05, 4.69) is 0 Å². The standard InChI is InChI=1S/C8H11NO.H2O4S/c1-2-10-8-5-3-7(9)4-6-8;1-5(2,3)4/h3-6H,2,9H2,1H3;(H2,1,2,3,4). The van der Waals surface area contributed by atoms with Crippen LogP contribution in [0, 0.1) is 0 Å². The van der Waals surface area contributed by atoms with Crippen molar-refractivity contribution in [1.82, 2.24) is 0 Å². The van der Waals surface area contributed by atoms with E-state index >= 15 is 0 Å². The summed E-state index contributed by atoms with van der Waals surface area (Å²) in [6.07, 6.45) is 0. The van der Waals surface area contributed by atoms with E-state index in [1.807, 2.05) is 31.2 Å². The molecular formula is C8H13NO5S. The average Bonchev–Trinajstić information content (AvgIpc) is 2.06. The van der Waals surface area contributed by atoms with Gasteiger partial charge >= 0.3 is 10.4 Å². The normalized spacial score (nSPS) is 10.1. The molecule has 1 rings (SSSR count). The van der Waals surface area contributed by atoms with Crippen LogP contribution in [0.25, 0.3) is 0 Å². The van der Waals surface area contributed by atoms with Crippen LogP contribution in [0.2, 0.25) is 0 Å². The molecule has 0 saturated heterocycles. The molecule has 4 N–H and O–H groups in total. The van der Waals surface area contributed by atoms with Crippen LogP contribution in [-0.4, -0.2) is 24.1 Å². The predicted octanol–water partition coefficient (Wildman–Crippen LogP) is 1.01. The number of hydrogen-bond acceptors (Lipinski definition) is 4. The van der Waals surface area contributed by atoms with Gasteiger partial charge in [0.15, 0.2) is 0 Å². The smallest absolute Gasteiger partial charge is 0.394 e. The molecule has 0 aliphatic rings. The highest BCUT2D eigenvalue weighted by molar-refractivity contribution is 7.79. The van der Waals surface area contributed by atoms with Gasteiger partial charge in [-0.25, -0.2) is 0 Å². The summed E-state index contributed by atoms with van der Waals surface area (Å²) >= 11 is 0. The number of rotatable bonds is 2. The molecule has 6 nitrogen and oxygen atoms in total. The summed E-state index contributed by atoms with van der Waals surface area (Å²) in [5.41, 5.74) is 6.23. The third kappa shape index (κ3) is 10.6. The second kappa shape index (κ2) is 6.23. The van der Waals surface area contributed by atoms with E-state index in [1.54, 1.807) is 0 Å². The quantitative estimate of drug-likeness (QED) is 0.521. The van der Waals surface area contributed by atoms with Gasteiger partial charge in [-0.2, -0.15) is 8.42 Å². The van der Waals surface area contributed by atoms with Gasteiger partial charge in [0.05, 0.1) is 6.61 Å². The molecule has 0 aliphatic heterocycles. The Kier molecular flexibility index (Phi) is 5.68. The summed E-state index contributed by atoms with van der Waals surface area (Å²) in [4.78, 5) is 0. The molecule has 0 aliphatic carbocycles. The number of nitrogen functional groups attached to an aromatic ring is 1. The third-order valence-electron chi connectivity index (χ3n) is 1.19. The number of hydrogen-bond donors (Lipinski definition) is 3. The van der Waals surface area contributed by atoms with Crippen molar-refractivity contribution >= 4 is 16.1 Å². The highest BCUT2D eigenvalue weighted by Crippen LogP contribution is 2.12. The molecule has 1 aromatic rings. The van der Waals surface area contributed by atoms with Crippen molar-refractivity contribution in [3.8, 4) is 5.75 Å². The lowest BCUT2D eigenvalue weighted by Gasteiger charge is -2.01. The van der Waals surface area contributed by atoms with Crippen molar-refractivity contribution < 1.29 is 22.3 Å². The van der Waals surface area contributed by atoms with E-state index in [1.165, 1.54) is 0 Å². The molecular weight excluding hydrogens is 222 g/mol. The Hall–Kier alpha value is -1.31. The average molecular weight is 235 g/mol. The number of ether oxygens (including phenoxy) is 1. The molecule has 0 fully saturated rings. The molecule has 0 saturated carbocycles. The first-order valence-corrected chi connectivity index (χ1v) is 5.41. The minimum atomic E-state index is -4.67. The van der Waals surface area contributed by atoms with Gasteiger partial charge < -0.3 is 10.5 Å². The number of nitrogens with two attached hydrogens (primary N) is 1. The van der Waals surface area contributed by atoms with Crippen LogP contribution in [-0.2, 0) is 10.4 Å². The lowest BCUT2D eigenvalue weighted by atomic mass is 10.3. The van der Waals surface area contributed by atoms with Gasteiger partial charge in [-0.15, -0.1) is 0 Å². The van der Waals surface area contributed by atoms with Crippen LogP contribution in [0.3, 0.4) is 0 Å². The van der Waals surface area contributed by atoms with Crippen LogP contribution in [0.4, 0.5) is 5.69 Å². The molecule has 86 valence electrons. The lowest BCUT2D eigenvalue weighted by molar-refractivity contribution is 0.340. The minimum absolute atomic E-state index is 0.698. The van der Waals surface area contributed by atoms with E-state index in [4.69, 9.17) is 28.0 Å². The zero-order valence-electron chi connectivity index (χ0n) is 8.12. The summed E-state index contributed by atoms with van der Waals surface area (Å²) in [5, 5.41) is 0. The second-order valence-electron chi connectivity index (χ2n) is 2.45. The first-order valence-electron chi connectivity index (χ1n) is 4.01. The van der Waals surface area contributed by atoms with Gasteiger partial charge in [0.1, 0.15) is 5.75 Å². The second-order valence-corrected chi connectivity index (χ2v) is 3.35. The maximum Gasteiger partial charge on any atom is 0.394 e. The van der Waals surface area contributed by atoms with E-state index < -0.39 is 10.4 Å². The fraction of sp³-hybridized carbons (Fsp3) is 0.250. The van der Waals surface area contributed by atoms with Crippen molar-refractivity contribution in [3.05, 3.63) is 24.3 Å². The Morgan fingerprint density at radius 1 is 1.27 bits per heavy atom. The van der Waals surface area contributed by atoms with Gasteiger partial charge in [-0.05, 0) is 31.2 Å². The van der Waals surface area contributed by atoms with Crippen molar-refractivity contribution in [2.24, 2.45) is 0 Å². The maximum absolute atomic E-state index is 8.74. The fourth-order valence-electron chi connectivity index (χ4n) is 0.731. The van der Waals surface area contributed by atoms with Crippen molar-refractivity contribution in [2.45, 2.75) is 6.92 Å². The van der Waals surface area contributed by atoms with Crippen LogP contribution < -0.4 is 10.5 Å². The van der Waals surface area contributed by atoms with Crippen LogP contribution >= 0.6 is 0 Å². The van der Waals surface area contributed by atoms with Crippen molar-refractivity contribution in [2.75, 3.05) is 12.3 Å². The summed E-state index contributed by atoms with van der Waals surface area (Å²) in [7, 11) is -4.67. The Morgan fingerprint density at radius 3 is 2.00 bits per heavy atom. The van der Waals surface area contributed by atoms with E-state index in [9.17, 15) is 0 Å². The third-order valence-corrected chi connectivity index (χ3v) is 1.19. The van der Waals surface area contributed by atoms with Crippen molar-refractivity contribution in [1.29, 1.82) is 0 Å². The number of anilines is 1. The summed E-state index contributed by atoms with van der Waals surface area (Å²) in [6, 6.07) is 7.37. The molecule has 0 unspecified atom stereocenters. The molecule has 7 heteroatoms. The largest absolute Gasteiger partial charge is 0.494 e. The van der Waals surface area contributed by atoms with E-state index in [0.717, 1.165) is 11.4 Å². The molecule has 0 bridgehead atoms. The monoisotopic (exact) mass is 235 g/mol. The zero-order valence-corrected chi connectivity index (χ0v) is 8.94. The highest BCUT2D eigenvalue weighted by Gasteiger charge is 1.88. The molecule has 0 atom stereocenters. The lowest BCUT2D eigenvalue weighted by Crippen LogP contribution is -1.91. The molecule has 0 radical (unpaired) electrons. The zero-order chi connectivity index (χ0) is 11.9. The van der Waals surface area contributed by atoms with Crippen LogP contribution in [0.15, 0.2) is 24.3 Å². The topological polar surface area (TPSA) is 110 Å². The SMILES string of the molecule is CCOc1ccc(N)cc1.O=S(=O)(O)O. The van der Waals surface area contributed by atoms with Gasteiger partial charge in [0.25, 0.3) is 0 Å². The minimum Gasteiger partial charge on any atom is -0.494 e. The summed E-state index contributed by atoms with van der Waals surface area (Å²) in [5.74, 6) is 0.872. The summed E-state index contributed by atoms with van der Waals surface area (Å²) < 4.78 is 36.8. The van der Waals surface area contributed by atoms with Gasteiger partial charge in [0.2, 0.25) is 0 Å². The molecule has 0 spiro atoms. The Bertz CT molecular complexity index is 365.